The molecule has 8 heteroatoms. The van der Waals surface area contributed by atoms with Gasteiger partial charge >= 0.3 is 0 Å². The minimum absolute atomic E-state index is 0.139. The van der Waals surface area contributed by atoms with E-state index in [1.807, 2.05) is 0 Å². The van der Waals surface area contributed by atoms with E-state index in [-0.39, 0.29) is 30.4 Å². The van der Waals surface area contributed by atoms with Crippen LogP contribution in [0.3, 0.4) is 0 Å². The first-order valence-corrected chi connectivity index (χ1v) is 7.15. The molecule has 1 fully saturated rings. The lowest BCUT2D eigenvalue weighted by Crippen LogP contribution is -2.48. The number of nitrogens with one attached hydrogen (secondary N) is 3. The first kappa shape index (κ1) is 16.9. The van der Waals surface area contributed by atoms with Crippen LogP contribution in [0.15, 0.2) is 18.2 Å². The number of hydrogen-bond acceptors (Lipinski definition) is 3. The summed E-state index contributed by atoms with van der Waals surface area (Å²) in [4.78, 5) is 34.8. The van der Waals surface area contributed by atoms with Gasteiger partial charge in [0.25, 0.3) is 0 Å². The van der Waals surface area contributed by atoms with E-state index in [9.17, 15) is 23.2 Å². The van der Waals surface area contributed by atoms with Gasteiger partial charge in [0.15, 0.2) is 0 Å². The highest BCUT2D eigenvalue weighted by Gasteiger charge is 2.25. The van der Waals surface area contributed by atoms with E-state index in [4.69, 9.17) is 0 Å². The van der Waals surface area contributed by atoms with Crippen LogP contribution in [-0.4, -0.2) is 36.3 Å². The van der Waals surface area contributed by atoms with Crippen molar-refractivity contribution in [1.82, 2.24) is 16.0 Å². The largest absolute Gasteiger partial charge is 0.354 e. The Balaban J connectivity index is 1.84. The molecule has 0 bridgehead atoms. The third-order valence-corrected chi connectivity index (χ3v) is 3.38. The molecule has 2 atom stereocenters. The van der Waals surface area contributed by atoms with E-state index in [1.54, 1.807) is 0 Å². The quantitative estimate of drug-likeness (QED) is 0.713. The van der Waals surface area contributed by atoms with Crippen molar-refractivity contribution in [3.63, 3.8) is 0 Å². The van der Waals surface area contributed by atoms with E-state index >= 15 is 0 Å². The van der Waals surface area contributed by atoms with E-state index in [1.165, 1.54) is 6.92 Å². The molecule has 0 saturated carbocycles. The molecule has 6 nitrogen and oxygen atoms in total. The number of amides is 3. The summed E-state index contributed by atoms with van der Waals surface area (Å²) in [7, 11) is 0. The predicted octanol–water partition coefficient (Wildman–Crippen LogP) is 0.0167. The third kappa shape index (κ3) is 5.01. The zero-order chi connectivity index (χ0) is 17.0. The second-order valence-corrected chi connectivity index (χ2v) is 5.46. The summed E-state index contributed by atoms with van der Waals surface area (Å²) in [5.74, 6) is -2.63. The van der Waals surface area contributed by atoms with Crippen molar-refractivity contribution < 1.29 is 23.2 Å². The predicted molar refractivity (Wildman–Crippen MR) is 77.2 cm³/mol. The number of carbonyl (C=O) groups excluding carboxylic acids is 3. The SMILES string of the molecule is C[C@H](NC(=O)Cc1cc(F)cc(F)c1)C(=O)NC1CNC(=O)C1. The number of halogens is 2. The van der Waals surface area contributed by atoms with Crippen LogP contribution in [-0.2, 0) is 20.8 Å². The third-order valence-electron chi connectivity index (χ3n) is 3.38. The van der Waals surface area contributed by atoms with Crippen LogP contribution in [0.4, 0.5) is 8.78 Å². The van der Waals surface area contributed by atoms with Crippen molar-refractivity contribution >= 4 is 17.7 Å². The molecular formula is C15H17F2N3O3. The fraction of sp³-hybridized carbons (Fsp3) is 0.400. The summed E-state index contributed by atoms with van der Waals surface area (Å²) >= 11 is 0. The van der Waals surface area contributed by atoms with Crippen LogP contribution in [0.5, 0.6) is 0 Å². The van der Waals surface area contributed by atoms with Gasteiger partial charge in [-0.1, -0.05) is 0 Å². The zero-order valence-electron chi connectivity index (χ0n) is 12.5. The van der Waals surface area contributed by atoms with Gasteiger partial charge in [0.2, 0.25) is 17.7 Å². The molecule has 3 amide bonds. The van der Waals surface area contributed by atoms with Crippen LogP contribution in [0.2, 0.25) is 0 Å². The maximum Gasteiger partial charge on any atom is 0.242 e. The average Bonchev–Trinajstić information content (AvgIpc) is 2.82. The summed E-state index contributed by atoms with van der Waals surface area (Å²) in [5.41, 5.74) is 0.179. The van der Waals surface area contributed by atoms with Gasteiger partial charge in [0, 0.05) is 19.0 Å². The molecule has 1 heterocycles. The molecule has 0 spiro atoms. The maximum absolute atomic E-state index is 13.1. The number of benzene rings is 1. The minimum atomic E-state index is -0.823. The Morgan fingerprint density at radius 1 is 1.30 bits per heavy atom. The summed E-state index contributed by atoms with van der Waals surface area (Å²) < 4.78 is 26.1. The summed E-state index contributed by atoms with van der Waals surface area (Å²) in [6, 6.07) is 1.71. The highest BCUT2D eigenvalue weighted by molar-refractivity contribution is 5.89. The highest BCUT2D eigenvalue weighted by Crippen LogP contribution is 2.08. The van der Waals surface area contributed by atoms with Crippen molar-refractivity contribution in [1.29, 1.82) is 0 Å². The van der Waals surface area contributed by atoms with Crippen LogP contribution < -0.4 is 16.0 Å². The topological polar surface area (TPSA) is 87.3 Å². The van der Waals surface area contributed by atoms with Gasteiger partial charge in [-0.15, -0.1) is 0 Å². The molecule has 0 aliphatic carbocycles. The second kappa shape index (κ2) is 7.17. The summed E-state index contributed by atoms with van der Waals surface area (Å²) in [6.45, 7) is 1.84. The lowest BCUT2D eigenvalue weighted by atomic mass is 10.1. The second-order valence-electron chi connectivity index (χ2n) is 5.46. The van der Waals surface area contributed by atoms with Gasteiger partial charge < -0.3 is 16.0 Å². The van der Waals surface area contributed by atoms with Gasteiger partial charge in [-0.25, -0.2) is 8.78 Å². The smallest absolute Gasteiger partial charge is 0.242 e. The molecule has 1 aliphatic heterocycles. The van der Waals surface area contributed by atoms with E-state index in [2.05, 4.69) is 16.0 Å². The van der Waals surface area contributed by atoms with Crippen LogP contribution in [0.1, 0.15) is 18.9 Å². The summed E-state index contributed by atoms with van der Waals surface area (Å²) in [6.07, 6.45) is -0.0370. The fourth-order valence-electron chi connectivity index (χ4n) is 2.29. The number of hydrogen-bond donors (Lipinski definition) is 3. The van der Waals surface area contributed by atoms with Crippen molar-refractivity contribution in [2.45, 2.75) is 31.8 Å². The molecular weight excluding hydrogens is 308 g/mol. The maximum atomic E-state index is 13.1. The Morgan fingerprint density at radius 2 is 1.96 bits per heavy atom. The van der Waals surface area contributed by atoms with Crippen LogP contribution in [0.25, 0.3) is 0 Å². The zero-order valence-corrected chi connectivity index (χ0v) is 12.5. The van der Waals surface area contributed by atoms with Crippen molar-refractivity contribution in [3.05, 3.63) is 35.4 Å². The molecule has 1 aliphatic rings. The first-order chi connectivity index (χ1) is 10.8. The number of carbonyl (C=O) groups is 3. The summed E-state index contributed by atoms with van der Waals surface area (Å²) in [5, 5.41) is 7.68. The Hall–Kier alpha value is -2.51. The molecule has 1 aromatic carbocycles. The Labute approximate surface area is 131 Å². The molecule has 1 unspecified atom stereocenters. The molecule has 1 saturated heterocycles. The standard InChI is InChI=1S/C15H17F2N3O3/c1-8(15(23)20-12-6-13(21)18-7-12)19-14(22)4-9-2-10(16)5-11(17)3-9/h2-3,5,8,12H,4,6-7H2,1H3,(H,18,21)(H,19,22)(H,20,23)/t8-,12?/m0/s1. The molecule has 0 aromatic heterocycles. The Kier molecular flexibility index (Phi) is 5.25. The fourth-order valence-corrected chi connectivity index (χ4v) is 2.29. The first-order valence-electron chi connectivity index (χ1n) is 7.15. The van der Waals surface area contributed by atoms with Crippen molar-refractivity contribution in [2.75, 3.05) is 6.54 Å². The molecule has 124 valence electrons. The van der Waals surface area contributed by atoms with Crippen molar-refractivity contribution in [3.8, 4) is 0 Å². The van der Waals surface area contributed by atoms with E-state index < -0.39 is 29.5 Å². The molecule has 1 aromatic rings. The van der Waals surface area contributed by atoms with E-state index in [0.717, 1.165) is 12.1 Å². The van der Waals surface area contributed by atoms with Gasteiger partial charge in [-0.2, -0.15) is 0 Å². The Bertz CT molecular complexity index is 616. The normalized spacial score (nSPS) is 18.2. The molecule has 2 rings (SSSR count). The van der Waals surface area contributed by atoms with Gasteiger partial charge in [0.05, 0.1) is 12.5 Å². The lowest BCUT2D eigenvalue weighted by molar-refractivity contribution is -0.128. The molecule has 23 heavy (non-hydrogen) atoms. The van der Waals surface area contributed by atoms with Crippen LogP contribution >= 0.6 is 0 Å². The molecule has 0 radical (unpaired) electrons. The molecule has 3 N–H and O–H groups in total. The van der Waals surface area contributed by atoms with Crippen molar-refractivity contribution in [2.24, 2.45) is 0 Å². The average molecular weight is 325 g/mol. The van der Waals surface area contributed by atoms with Gasteiger partial charge in [-0.3, -0.25) is 14.4 Å². The lowest BCUT2D eigenvalue weighted by Gasteiger charge is -2.17. The monoisotopic (exact) mass is 325 g/mol. The highest BCUT2D eigenvalue weighted by atomic mass is 19.1. The van der Waals surface area contributed by atoms with Gasteiger partial charge in [0.1, 0.15) is 17.7 Å². The van der Waals surface area contributed by atoms with E-state index in [0.29, 0.717) is 12.6 Å². The minimum Gasteiger partial charge on any atom is -0.354 e. The number of rotatable bonds is 5. The van der Waals surface area contributed by atoms with Gasteiger partial charge in [-0.05, 0) is 24.6 Å². The van der Waals surface area contributed by atoms with Crippen LogP contribution in [0, 0.1) is 11.6 Å². The Morgan fingerprint density at radius 3 is 2.52 bits per heavy atom.